The molecule has 7 nitrogen and oxygen atoms in total. The van der Waals surface area contributed by atoms with E-state index < -0.39 is 0 Å². The number of piperidine rings is 1. The Bertz CT molecular complexity index is 886. The third-order valence-electron chi connectivity index (χ3n) is 5.36. The Morgan fingerprint density at radius 3 is 2.84 bits per heavy atom. The number of benzene rings is 1. The van der Waals surface area contributed by atoms with Gasteiger partial charge in [-0.2, -0.15) is 0 Å². The minimum absolute atomic E-state index is 0.141. The summed E-state index contributed by atoms with van der Waals surface area (Å²) in [5.74, 6) is 0.958. The molecule has 1 aromatic heterocycles. The summed E-state index contributed by atoms with van der Waals surface area (Å²) in [6, 6.07) is 10.5. The quantitative estimate of drug-likeness (QED) is 0.444. The van der Waals surface area contributed by atoms with Gasteiger partial charge in [-0.15, -0.1) is 0 Å². The molecule has 1 fully saturated rings. The summed E-state index contributed by atoms with van der Waals surface area (Å²) in [5, 5.41) is 6.58. The second kappa shape index (κ2) is 11.3. The van der Waals surface area contributed by atoms with Crippen molar-refractivity contribution < 1.29 is 9.18 Å². The predicted molar refractivity (Wildman–Crippen MR) is 121 cm³/mol. The van der Waals surface area contributed by atoms with E-state index in [-0.39, 0.29) is 17.6 Å². The van der Waals surface area contributed by atoms with Gasteiger partial charge in [0.1, 0.15) is 11.6 Å². The molecule has 0 aliphatic carbocycles. The highest BCUT2D eigenvalue weighted by Gasteiger charge is 2.25. The SMILES string of the molecule is CCNC(=NCc1cccnc1N1CCCC(C(N)=O)C1)NCCc1ccc(F)cc1. The average molecular weight is 427 g/mol. The van der Waals surface area contributed by atoms with E-state index in [1.54, 1.807) is 18.3 Å². The van der Waals surface area contributed by atoms with Gasteiger partial charge in [0.25, 0.3) is 0 Å². The lowest BCUT2D eigenvalue weighted by atomic mass is 9.97. The van der Waals surface area contributed by atoms with Crippen LogP contribution in [0.2, 0.25) is 0 Å². The van der Waals surface area contributed by atoms with Gasteiger partial charge < -0.3 is 21.3 Å². The molecule has 2 aromatic rings. The van der Waals surface area contributed by atoms with Crippen molar-refractivity contribution in [3.8, 4) is 0 Å². The summed E-state index contributed by atoms with van der Waals surface area (Å²) in [6.45, 7) is 5.36. The first-order chi connectivity index (χ1) is 15.1. The standard InChI is InChI=1S/C23H31FN6O/c1-2-26-23(28-13-11-17-7-9-20(24)10-8-17)29-15-18-5-3-12-27-22(18)30-14-4-6-19(16-30)21(25)31/h3,5,7-10,12,19H,2,4,6,11,13-16H2,1H3,(H2,25,31)(H2,26,28,29). The predicted octanol–water partition coefficient (Wildman–Crippen LogP) is 2.22. The molecular weight excluding hydrogens is 395 g/mol. The number of nitrogens with zero attached hydrogens (tertiary/aromatic N) is 3. The number of nitrogens with one attached hydrogen (secondary N) is 2. The number of hydrogen-bond acceptors (Lipinski definition) is 4. The van der Waals surface area contributed by atoms with Crippen LogP contribution in [0.4, 0.5) is 10.2 Å². The van der Waals surface area contributed by atoms with Crippen molar-refractivity contribution in [2.75, 3.05) is 31.1 Å². The molecule has 0 bridgehead atoms. The van der Waals surface area contributed by atoms with Gasteiger partial charge in [-0.1, -0.05) is 18.2 Å². The molecule has 31 heavy (non-hydrogen) atoms. The van der Waals surface area contributed by atoms with Crippen molar-refractivity contribution in [3.05, 3.63) is 59.5 Å². The highest BCUT2D eigenvalue weighted by atomic mass is 19.1. The highest BCUT2D eigenvalue weighted by Crippen LogP contribution is 2.24. The van der Waals surface area contributed by atoms with Gasteiger partial charge in [-0.05, 0) is 49.9 Å². The van der Waals surface area contributed by atoms with Gasteiger partial charge >= 0.3 is 0 Å². The lowest BCUT2D eigenvalue weighted by molar-refractivity contribution is -0.122. The highest BCUT2D eigenvalue weighted by molar-refractivity contribution is 5.80. The van der Waals surface area contributed by atoms with Gasteiger partial charge in [-0.3, -0.25) is 4.79 Å². The minimum atomic E-state index is -0.250. The molecule has 1 unspecified atom stereocenters. The van der Waals surface area contributed by atoms with Crippen LogP contribution in [0.5, 0.6) is 0 Å². The van der Waals surface area contributed by atoms with Crippen LogP contribution in [0.25, 0.3) is 0 Å². The van der Waals surface area contributed by atoms with Crippen LogP contribution in [0, 0.1) is 11.7 Å². The summed E-state index contributed by atoms with van der Waals surface area (Å²) in [4.78, 5) is 23.1. The van der Waals surface area contributed by atoms with E-state index in [0.717, 1.165) is 49.3 Å². The molecule has 1 atom stereocenters. The number of carbonyl (C=O) groups is 1. The molecule has 4 N–H and O–H groups in total. The first-order valence-corrected chi connectivity index (χ1v) is 10.8. The molecule has 0 saturated carbocycles. The second-order valence-corrected chi connectivity index (χ2v) is 7.67. The Balaban J connectivity index is 1.63. The van der Waals surface area contributed by atoms with Gasteiger partial charge in [0, 0.05) is 37.9 Å². The molecule has 1 aromatic carbocycles. The Kier molecular flexibility index (Phi) is 8.20. The maximum Gasteiger partial charge on any atom is 0.222 e. The number of carbonyl (C=O) groups excluding carboxylic acids is 1. The Morgan fingerprint density at radius 1 is 1.29 bits per heavy atom. The number of rotatable bonds is 8. The van der Waals surface area contributed by atoms with Crippen molar-refractivity contribution in [1.29, 1.82) is 0 Å². The Hall–Kier alpha value is -3.16. The zero-order chi connectivity index (χ0) is 22.1. The lowest BCUT2D eigenvalue weighted by Gasteiger charge is -2.33. The minimum Gasteiger partial charge on any atom is -0.369 e. The van der Waals surface area contributed by atoms with Crippen molar-refractivity contribution >= 4 is 17.7 Å². The van der Waals surface area contributed by atoms with E-state index in [4.69, 9.17) is 10.7 Å². The number of primary amides is 1. The summed E-state index contributed by atoms with van der Waals surface area (Å²) in [6.07, 6.45) is 4.28. The van der Waals surface area contributed by atoms with Crippen LogP contribution in [-0.4, -0.2) is 43.0 Å². The number of halogens is 1. The molecule has 1 aliphatic heterocycles. The molecule has 0 radical (unpaired) electrons. The maximum absolute atomic E-state index is 13.1. The molecule has 0 spiro atoms. The lowest BCUT2D eigenvalue weighted by Crippen LogP contribution is -2.42. The van der Waals surface area contributed by atoms with Gasteiger partial charge in [0.05, 0.1) is 12.5 Å². The Labute approximate surface area is 183 Å². The summed E-state index contributed by atoms with van der Waals surface area (Å²) >= 11 is 0. The number of hydrogen-bond donors (Lipinski definition) is 3. The maximum atomic E-state index is 13.1. The number of nitrogens with two attached hydrogens (primary N) is 1. The third kappa shape index (κ3) is 6.67. The number of guanidine groups is 1. The normalized spacial score (nSPS) is 16.8. The smallest absolute Gasteiger partial charge is 0.222 e. The summed E-state index contributed by atoms with van der Waals surface area (Å²) in [5.41, 5.74) is 7.60. The fourth-order valence-electron chi connectivity index (χ4n) is 3.72. The van der Waals surface area contributed by atoms with E-state index in [2.05, 4.69) is 20.5 Å². The zero-order valence-electron chi connectivity index (χ0n) is 18.0. The van der Waals surface area contributed by atoms with Crippen LogP contribution in [-0.2, 0) is 17.8 Å². The molecule has 2 heterocycles. The van der Waals surface area contributed by atoms with E-state index >= 15 is 0 Å². The number of pyridine rings is 1. The molecule has 1 saturated heterocycles. The van der Waals surface area contributed by atoms with Crippen molar-refractivity contribution in [1.82, 2.24) is 15.6 Å². The Morgan fingerprint density at radius 2 is 2.10 bits per heavy atom. The second-order valence-electron chi connectivity index (χ2n) is 7.67. The third-order valence-corrected chi connectivity index (χ3v) is 5.36. The van der Waals surface area contributed by atoms with Crippen LogP contribution < -0.4 is 21.3 Å². The molecule has 166 valence electrons. The molecule has 1 aliphatic rings. The molecule has 8 heteroatoms. The van der Waals surface area contributed by atoms with Crippen molar-refractivity contribution in [3.63, 3.8) is 0 Å². The first kappa shape index (κ1) is 22.5. The zero-order valence-corrected chi connectivity index (χ0v) is 18.0. The van der Waals surface area contributed by atoms with Gasteiger partial charge in [0.15, 0.2) is 5.96 Å². The number of aliphatic imine (C=N–C) groups is 1. The first-order valence-electron chi connectivity index (χ1n) is 10.8. The largest absolute Gasteiger partial charge is 0.369 e. The topological polar surface area (TPSA) is 95.6 Å². The number of amides is 1. The molecular formula is C23H31FN6O. The summed E-state index contributed by atoms with van der Waals surface area (Å²) < 4.78 is 13.1. The van der Waals surface area contributed by atoms with Crippen LogP contribution >= 0.6 is 0 Å². The van der Waals surface area contributed by atoms with E-state index in [9.17, 15) is 9.18 Å². The van der Waals surface area contributed by atoms with E-state index in [1.165, 1.54) is 12.1 Å². The van der Waals surface area contributed by atoms with Gasteiger partial charge in [-0.25, -0.2) is 14.4 Å². The van der Waals surface area contributed by atoms with Crippen LogP contribution in [0.3, 0.4) is 0 Å². The van der Waals surface area contributed by atoms with Crippen molar-refractivity contribution in [2.24, 2.45) is 16.6 Å². The van der Waals surface area contributed by atoms with Crippen molar-refractivity contribution in [2.45, 2.75) is 32.7 Å². The monoisotopic (exact) mass is 426 g/mol. The fraction of sp³-hybridized carbons (Fsp3) is 0.435. The van der Waals surface area contributed by atoms with E-state index in [1.807, 2.05) is 19.1 Å². The molecule has 3 rings (SSSR count). The number of anilines is 1. The van der Waals surface area contributed by atoms with E-state index in [0.29, 0.717) is 25.6 Å². The fourth-order valence-corrected chi connectivity index (χ4v) is 3.72. The van der Waals surface area contributed by atoms with Crippen LogP contribution in [0.1, 0.15) is 30.9 Å². The molecule has 1 amide bonds. The van der Waals surface area contributed by atoms with Gasteiger partial charge in [0.2, 0.25) is 5.91 Å². The number of aromatic nitrogens is 1. The average Bonchev–Trinajstić information content (AvgIpc) is 2.79. The van der Waals surface area contributed by atoms with Crippen LogP contribution in [0.15, 0.2) is 47.6 Å². The summed E-state index contributed by atoms with van der Waals surface area (Å²) in [7, 11) is 0.